The fraction of sp³-hybridized carbons (Fsp3) is 0.818. The average molecular weight is 223 g/mol. The largest absolute Gasteiger partial charge is 0.379 e. The van der Waals surface area contributed by atoms with Crippen LogP contribution in [0.2, 0.25) is 0 Å². The molecule has 2 heterocycles. The molecule has 0 aromatic rings. The highest BCUT2D eigenvalue weighted by atomic mass is 16.5. The molecule has 0 bridgehead atoms. The number of hydrogen-bond acceptors (Lipinski definition) is 3. The van der Waals surface area contributed by atoms with E-state index in [1.165, 1.54) is 0 Å². The number of nitrogens with zero attached hydrogens (tertiary/aromatic N) is 2. The lowest BCUT2D eigenvalue weighted by atomic mass is 9.99. The van der Waals surface area contributed by atoms with Gasteiger partial charge in [-0.25, -0.2) is 4.79 Å². The summed E-state index contributed by atoms with van der Waals surface area (Å²) in [5.74, 6) is 0.124. The minimum absolute atomic E-state index is 0.00751. The molecule has 2 aliphatic rings. The standard InChI is InChI=1S/C11H17N3O2/c12-7-9-1-4-14(5-2-9)11(15)13-10-3-6-16-8-10/h9-10H,1-6,8H2,(H,13,15). The molecular formula is C11H17N3O2. The maximum atomic E-state index is 11.8. The highest BCUT2D eigenvalue weighted by Gasteiger charge is 2.25. The number of urea groups is 1. The van der Waals surface area contributed by atoms with Crippen LogP contribution in [0.4, 0.5) is 4.79 Å². The molecule has 2 saturated heterocycles. The molecule has 1 atom stereocenters. The van der Waals surface area contributed by atoms with Gasteiger partial charge in [-0.15, -0.1) is 0 Å². The van der Waals surface area contributed by atoms with Gasteiger partial charge < -0.3 is 15.0 Å². The van der Waals surface area contributed by atoms with Gasteiger partial charge in [0.25, 0.3) is 0 Å². The highest BCUT2D eigenvalue weighted by Crippen LogP contribution is 2.16. The fourth-order valence-corrected chi connectivity index (χ4v) is 2.13. The van der Waals surface area contributed by atoms with Crippen LogP contribution in [0, 0.1) is 17.2 Å². The minimum Gasteiger partial charge on any atom is -0.379 e. The first-order valence-corrected chi connectivity index (χ1v) is 5.82. The molecule has 0 aromatic heterocycles. The van der Waals surface area contributed by atoms with Crippen LogP contribution >= 0.6 is 0 Å². The second-order valence-electron chi connectivity index (χ2n) is 4.40. The molecule has 0 spiro atoms. The Bertz CT molecular complexity index is 286. The van der Waals surface area contributed by atoms with Crippen molar-refractivity contribution in [1.82, 2.24) is 10.2 Å². The van der Waals surface area contributed by atoms with E-state index in [0.717, 1.165) is 25.9 Å². The van der Waals surface area contributed by atoms with Crippen LogP contribution < -0.4 is 5.32 Å². The molecule has 0 aliphatic carbocycles. The third-order valence-corrected chi connectivity index (χ3v) is 3.22. The predicted octanol–water partition coefficient (Wildman–Crippen LogP) is 0.720. The topological polar surface area (TPSA) is 65.4 Å². The Morgan fingerprint density at radius 1 is 1.38 bits per heavy atom. The van der Waals surface area contributed by atoms with Gasteiger partial charge in [-0.1, -0.05) is 0 Å². The van der Waals surface area contributed by atoms with Gasteiger partial charge in [0.2, 0.25) is 0 Å². The van der Waals surface area contributed by atoms with E-state index >= 15 is 0 Å². The number of piperidine rings is 1. The Kier molecular flexibility index (Phi) is 3.62. The number of hydrogen-bond donors (Lipinski definition) is 1. The summed E-state index contributed by atoms with van der Waals surface area (Å²) in [6.45, 7) is 2.75. The Morgan fingerprint density at radius 3 is 2.69 bits per heavy atom. The minimum atomic E-state index is -0.00751. The van der Waals surface area contributed by atoms with Crippen LogP contribution in [0.5, 0.6) is 0 Å². The lowest BCUT2D eigenvalue weighted by Crippen LogP contribution is -2.48. The summed E-state index contributed by atoms with van der Waals surface area (Å²) < 4.78 is 5.20. The molecule has 1 N–H and O–H groups in total. The molecule has 2 fully saturated rings. The van der Waals surface area contributed by atoms with Gasteiger partial charge in [0.1, 0.15) is 0 Å². The maximum absolute atomic E-state index is 11.8. The summed E-state index contributed by atoms with van der Waals surface area (Å²) in [5, 5.41) is 11.7. The van der Waals surface area contributed by atoms with E-state index < -0.39 is 0 Å². The molecule has 2 aliphatic heterocycles. The average Bonchev–Trinajstić information content (AvgIpc) is 2.82. The molecule has 5 nitrogen and oxygen atoms in total. The molecule has 88 valence electrons. The predicted molar refractivity (Wildman–Crippen MR) is 57.7 cm³/mol. The van der Waals surface area contributed by atoms with Crippen molar-refractivity contribution in [2.45, 2.75) is 25.3 Å². The van der Waals surface area contributed by atoms with Crippen LogP contribution in [0.15, 0.2) is 0 Å². The zero-order valence-electron chi connectivity index (χ0n) is 9.32. The number of rotatable bonds is 1. The Labute approximate surface area is 95.4 Å². The van der Waals surface area contributed by atoms with Crippen molar-refractivity contribution in [2.24, 2.45) is 5.92 Å². The summed E-state index contributed by atoms with van der Waals surface area (Å²) >= 11 is 0. The SMILES string of the molecule is N#CC1CCN(C(=O)NC2CCOC2)CC1. The van der Waals surface area contributed by atoms with E-state index in [4.69, 9.17) is 10.00 Å². The van der Waals surface area contributed by atoms with Crippen molar-refractivity contribution in [3.8, 4) is 6.07 Å². The summed E-state index contributed by atoms with van der Waals surface area (Å²) in [6.07, 6.45) is 2.50. The fourth-order valence-electron chi connectivity index (χ4n) is 2.13. The molecule has 16 heavy (non-hydrogen) atoms. The summed E-state index contributed by atoms with van der Waals surface area (Å²) in [4.78, 5) is 13.6. The van der Waals surface area contributed by atoms with Gasteiger partial charge in [0, 0.05) is 25.6 Å². The van der Waals surface area contributed by atoms with E-state index in [1.807, 2.05) is 0 Å². The van der Waals surface area contributed by atoms with Crippen LogP contribution in [0.3, 0.4) is 0 Å². The smallest absolute Gasteiger partial charge is 0.317 e. The van der Waals surface area contributed by atoms with E-state index in [-0.39, 0.29) is 18.0 Å². The van der Waals surface area contributed by atoms with Gasteiger partial charge in [-0.05, 0) is 19.3 Å². The van der Waals surface area contributed by atoms with Crippen molar-refractivity contribution in [1.29, 1.82) is 5.26 Å². The van der Waals surface area contributed by atoms with Crippen molar-refractivity contribution >= 4 is 6.03 Å². The molecule has 0 aromatic carbocycles. The number of ether oxygens (including phenoxy) is 1. The second-order valence-corrected chi connectivity index (χ2v) is 4.40. The molecule has 5 heteroatoms. The molecule has 2 rings (SSSR count). The van der Waals surface area contributed by atoms with Gasteiger partial charge in [-0.3, -0.25) is 0 Å². The molecular weight excluding hydrogens is 206 g/mol. The molecule has 0 saturated carbocycles. The number of amides is 2. The van der Waals surface area contributed by atoms with Crippen molar-refractivity contribution < 1.29 is 9.53 Å². The van der Waals surface area contributed by atoms with Crippen molar-refractivity contribution in [3.05, 3.63) is 0 Å². The quantitative estimate of drug-likeness (QED) is 0.712. The Balaban J connectivity index is 1.75. The van der Waals surface area contributed by atoms with Crippen LogP contribution in [0.1, 0.15) is 19.3 Å². The van der Waals surface area contributed by atoms with Crippen LogP contribution in [-0.4, -0.2) is 43.3 Å². The zero-order valence-corrected chi connectivity index (χ0v) is 9.32. The number of carbonyl (C=O) groups excluding carboxylic acids is 1. The summed E-state index contributed by atoms with van der Waals surface area (Å²) in [6, 6.07) is 2.42. The first-order valence-electron chi connectivity index (χ1n) is 5.82. The van der Waals surface area contributed by atoms with Gasteiger partial charge in [0.05, 0.1) is 18.7 Å². The first kappa shape index (κ1) is 11.2. The normalized spacial score (nSPS) is 26.4. The second kappa shape index (κ2) is 5.17. The van der Waals surface area contributed by atoms with E-state index in [1.54, 1.807) is 4.90 Å². The monoisotopic (exact) mass is 223 g/mol. The van der Waals surface area contributed by atoms with Gasteiger partial charge in [0.15, 0.2) is 0 Å². The van der Waals surface area contributed by atoms with Crippen LogP contribution in [0.25, 0.3) is 0 Å². The number of carbonyl (C=O) groups is 1. The highest BCUT2D eigenvalue weighted by molar-refractivity contribution is 5.74. The van der Waals surface area contributed by atoms with E-state index in [9.17, 15) is 4.79 Å². The molecule has 1 unspecified atom stereocenters. The van der Waals surface area contributed by atoms with Crippen molar-refractivity contribution in [2.75, 3.05) is 26.3 Å². The first-order chi connectivity index (χ1) is 7.79. The number of likely N-dealkylation sites (tertiary alicyclic amines) is 1. The molecule has 2 amide bonds. The summed E-state index contributed by atoms with van der Waals surface area (Å²) in [7, 11) is 0. The number of nitriles is 1. The lowest BCUT2D eigenvalue weighted by molar-refractivity contribution is 0.167. The third kappa shape index (κ3) is 2.64. The van der Waals surface area contributed by atoms with E-state index in [0.29, 0.717) is 19.7 Å². The molecule has 0 radical (unpaired) electrons. The van der Waals surface area contributed by atoms with Crippen molar-refractivity contribution in [3.63, 3.8) is 0 Å². The summed E-state index contributed by atoms with van der Waals surface area (Å²) in [5.41, 5.74) is 0. The lowest BCUT2D eigenvalue weighted by Gasteiger charge is -2.30. The third-order valence-electron chi connectivity index (χ3n) is 3.22. The zero-order chi connectivity index (χ0) is 11.4. The van der Waals surface area contributed by atoms with Gasteiger partial charge in [-0.2, -0.15) is 5.26 Å². The Morgan fingerprint density at radius 2 is 2.12 bits per heavy atom. The Hall–Kier alpha value is -1.28. The van der Waals surface area contributed by atoms with E-state index in [2.05, 4.69) is 11.4 Å². The maximum Gasteiger partial charge on any atom is 0.317 e. The van der Waals surface area contributed by atoms with Crippen LogP contribution in [-0.2, 0) is 4.74 Å². The van der Waals surface area contributed by atoms with Gasteiger partial charge >= 0.3 is 6.03 Å². The number of nitrogens with one attached hydrogen (secondary N) is 1.